The van der Waals surface area contributed by atoms with E-state index in [4.69, 9.17) is 0 Å². The lowest BCUT2D eigenvalue weighted by Gasteiger charge is -2.33. The molecule has 23 heavy (non-hydrogen) atoms. The molecule has 1 aromatic rings. The quantitative estimate of drug-likeness (QED) is 0.539. The van der Waals surface area contributed by atoms with Crippen molar-refractivity contribution in [1.29, 1.82) is 0 Å². The lowest BCUT2D eigenvalue weighted by atomic mass is 9.88. The van der Waals surface area contributed by atoms with Crippen LogP contribution in [0.25, 0.3) is 0 Å². The number of benzene rings is 1. The van der Waals surface area contributed by atoms with Gasteiger partial charge < -0.3 is 0 Å². The number of aryl methyl sites for hydroxylation is 1. The van der Waals surface area contributed by atoms with Crippen LogP contribution in [0.15, 0.2) is 43.6 Å². The topological polar surface area (TPSA) is 63.6 Å². The summed E-state index contributed by atoms with van der Waals surface area (Å²) < 4.78 is 28.4. The zero-order valence-corrected chi connectivity index (χ0v) is 18.2. The van der Waals surface area contributed by atoms with Crippen molar-refractivity contribution in [3.05, 3.63) is 39.9 Å². The molecule has 1 aliphatic rings. The Morgan fingerprint density at radius 3 is 2.22 bits per heavy atom. The van der Waals surface area contributed by atoms with Crippen LogP contribution in [0.5, 0.6) is 0 Å². The minimum atomic E-state index is -3.86. The van der Waals surface area contributed by atoms with Crippen LogP contribution in [-0.2, 0) is 14.8 Å². The fraction of sp³-hybridized carbons (Fsp3) is 0.333. The molecular weight excluding hydrogens is 514 g/mol. The molecule has 2 unspecified atom stereocenters. The van der Waals surface area contributed by atoms with Gasteiger partial charge in [-0.2, -0.15) is 12.8 Å². The maximum absolute atomic E-state index is 12.6. The molecule has 0 saturated heterocycles. The van der Waals surface area contributed by atoms with E-state index in [2.05, 4.69) is 52.2 Å². The summed E-state index contributed by atoms with van der Waals surface area (Å²) in [6.45, 7) is 5.22. The number of carbonyl (C=O) groups is 1. The average molecular weight is 528 g/mol. The van der Waals surface area contributed by atoms with Gasteiger partial charge in [0.1, 0.15) is 4.32 Å². The third-order valence-corrected chi connectivity index (χ3v) is 8.65. The highest BCUT2D eigenvalue weighted by atomic mass is 79.9. The molecule has 2 rings (SSSR count). The first-order valence-corrected chi connectivity index (χ1v) is 10.6. The van der Waals surface area contributed by atoms with Gasteiger partial charge in [0.15, 0.2) is 5.78 Å². The highest BCUT2D eigenvalue weighted by molar-refractivity contribution is 9.13. The Morgan fingerprint density at radius 2 is 1.70 bits per heavy atom. The Hall–Kier alpha value is -0.310. The van der Waals surface area contributed by atoms with Gasteiger partial charge in [-0.05, 0) is 54.4 Å². The summed E-state index contributed by atoms with van der Waals surface area (Å²) >= 11 is 10.0. The van der Waals surface area contributed by atoms with Crippen molar-refractivity contribution < 1.29 is 13.2 Å². The minimum absolute atomic E-state index is 0.118. The van der Waals surface area contributed by atoms with E-state index in [0.717, 1.165) is 5.56 Å². The van der Waals surface area contributed by atoms with Gasteiger partial charge in [0, 0.05) is 0 Å². The number of Topliss-reactive ketones (excluding diaryl/α,β-unsaturated/α-hetero) is 1. The third kappa shape index (κ3) is 3.55. The highest BCUT2D eigenvalue weighted by Gasteiger charge is 2.47. The van der Waals surface area contributed by atoms with Crippen molar-refractivity contribution in [2.24, 2.45) is 4.40 Å². The SMILES string of the molecule is CC1=C(Br)C(=O)C(C)(Br)C(Br)C1=NS(=O)(=O)c1ccc(C)cc1. The molecule has 8 heteroatoms. The minimum Gasteiger partial charge on any atom is -0.292 e. The van der Waals surface area contributed by atoms with E-state index in [1.165, 1.54) is 12.1 Å². The lowest BCUT2D eigenvalue weighted by molar-refractivity contribution is -0.116. The standard InChI is InChI=1S/C15H14Br3NO3S/c1-8-4-6-10(7-5-8)23(21,22)19-12-9(2)11(16)14(20)15(3,18)13(12)17/h4-7,13H,1-3H3. The maximum atomic E-state index is 12.6. The molecule has 0 spiro atoms. The van der Waals surface area contributed by atoms with E-state index in [9.17, 15) is 13.2 Å². The Balaban J connectivity index is 2.61. The van der Waals surface area contributed by atoms with Crippen molar-refractivity contribution in [2.75, 3.05) is 0 Å². The molecule has 4 nitrogen and oxygen atoms in total. The molecule has 0 aliphatic heterocycles. The third-order valence-electron chi connectivity index (χ3n) is 3.61. The van der Waals surface area contributed by atoms with Crippen LogP contribution in [0.4, 0.5) is 0 Å². The Bertz CT molecular complexity index is 824. The van der Waals surface area contributed by atoms with Gasteiger partial charge >= 0.3 is 0 Å². The summed E-state index contributed by atoms with van der Waals surface area (Å²) in [5.74, 6) is -0.163. The monoisotopic (exact) mass is 525 g/mol. The highest BCUT2D eigenvalue weighted by Crippen LogP contribution is 2.41. The van der Waals surface area contributed by atoms with E-state index >= 15 is 0 Å². The normalized spacial score (nSPS) is 27.7. The molecule has 1 aromatic carbocycles. The predicted molar refractivity (Wildman–Crippen MR) is 102 cm³/mol. The maximum Gasteiger partial charge on any atom is 0.282 e. The molecule has 0 amide bonds. The number of carbonyl (C=O) groups excluding carboxylic acids is 1. The van der Waals surface area contributed by atoms with Gasteiger partial charge in [0.2, 0.25) is 0 Å². The van der Waals surface area contributed by atoms with Crippen molar-refractivity contribution in [3.8, 4) is 0 Å². The summed E-state index contributed by atoms with van der Waals surface area (Å²) in [7, 11) is -3.86. The summed E-state index contributed by atoms with van der Waals surface area (Å²) in [6, 6.07) is 6.48. The fourth-order valence-corrected chi connectivity index (χ4v) is 5.24. The molecular formula is C15H14Br3NO3S. The lowest BCUT2D eigenvalue weighted by Crippen LogP contribution is -2.47. The molecule has 124 valence electrons. The van der Waals surface area contributed by atoms with Gasteiger partial charge in [-0.3, -0.25) is 4.79 Å². The summed E-state index contributed by atoms with van der Waals surface area (Å²) in [6.07, 6.45) is 0. The van der Waals surface area contributed by atoms with Crippen LogP contribution in [0.2, 0.25) is 0 Å². The predicted octanol–water partition coefficient (Wildman–Crippen LogP) is 4.29. The molecule has 0 fully saturated rings. The van der Waals surface area contributed by atoms with Crippen molar-refractivity contribution in [2.45, 2.75) is 34.8 Å². The van der Waals surface area contributed by atoms with Crippen LogP contribution in [0.1, 0.15) is 19.4 Å². The number of alkyl halides is 2. The molecule has 2 atom stereocenters. The van der Waals surface area contributed by atoms with E-state index in [-0.39, 0.29) is 10.7 Å². The fourth-order valence-electron chi connectivity index (χ4n) is 2.07. The van der Waals surface area contributed by atoms with Gasteiger partial charge in [-0.1, -0.05) is 49.6 Å². The molecule has 0 heterocycles. The van der Waals surface area contributed by atoms with Gasteiger partial charge in [0.25, 0.3) is 10.0 Å². The van der Waals surface area contributed by atoms with E-state index < -0.39 is 19.2 Å². The Kier molecular flexibility index (Phi) is 5.41. The Morgan fingerprint density at radius 1 is 1.17 bits per heavy atom. The van der Waals surface area contributed by atoms with Crippen molar-refractivity contribution in [1.82, 2.24) is 0 Å². The largest absolute Gasteiger partial charge is 0.292 e. The molecule has 0 aromatic heterocycles. The van der Waals surface area contributed by atoms with Gasteiger partial charge in [-0.25, -0.2) is 0 Å². The van der Waals surface area contributed by atoms with E-state index in [0.29, 0.717) is 15.8 Å². The number of hydrogen-bond acceptors (Lipinski definition) is 3. The van der Waals surface area contributed by atoms with Crippen LogP contribution in [0.3, 0.4) is 0 Å². The number of rotatable bonds is 2. The number of halogens is 3. The van der Waals surface area contributed by atoms with Crippen molar-refractivity contribution >= 4 is 69.3 Å². The molecule has 0 radical (unpaired) electrons. The number of ketones is 1. The number of hydrogen-bond donors (Lipinski definition) is 0. The van der Waals surface area contributed by atoms with Crippen LogP contribution in [0, 0.1) is 6.92 Å². The molecule has 0 N–H and O–H groups in total. The smallest absolute Gasteiger partial charge is 0.282 e. The van der Waals surface area contributed by atoms with Crippen LogP contribution < -0.4 is 0 Å². The average Bonchev–Trinajstić information content (AvgIpc) is 2.49. The van der Waals surface area contributed by atoms with E-state index in [1.807, 2.05) is 6.92 Å². The first kappa shape index (κ1) is 19.0. The first-order valence-electron chi connectivity index (χ1n) is 6.64. The zero-order valence-electron chi connectivity index (χ0n) is 12.6. The second kappa shape index (κ2) is 6.54. The number of allylic oxidation sites excluding steroid dienone is 2. The molecule has 0 saturated carbocycles. The number of sulfonamides is 1. The van der Waals surface area contributed by atoms with Crippen molar-refractivity contribution in [3.63, 3.8) is 0 Å². The summed E-state index contributed by atoms with van der Waals surface area (Å²) in [5, 5.41) is 0. The summed E-state index contributed by atoms with van der Waals surface area (Å²) in [5.41, 5.74) is 1.77. The summed E-state index contributed by atoms with van der Waals surface area (Å²) in [4.78, 5) is 11.9. The van der Waals surface area contributed by atoms with E-state index in [1.54, 1.807) is 26.0 Å². The van der Waals surface area contributed by atoms with Gasteiger partial charge in [-0.15, -0.1) is 0 Å². The van der Waals surface area contributed by atoms with Crippen LogP contribution in [-0.4, -0.2) is 29.1 Å². The number of nitrogens with zero attached hydrogens (tertiary/aromatic N) is 1. The van der Waals surface area contributed by atoms with Crippen LogP contribution >= 0.6 is 47.8 Å². The molecule has 1 aliphatic carbocycles. The Labute approximate surface area is 160 Å². The molecule has 0 bridgehead atoms. The second-order valence-corrected chi connectivity index (χ2v) is 10.4. The zero-order chi connectivity index (χ0) is 17.6. The second-order valence-electron chi connectivity index (χ2n) is 5.47. The van der Waals surface area contributed by atoms with Gasteiger partial charge in [0.05, 0.1) is 19.9 Å². The first-order chi connectivity index (χ1) is 10.5.